The summed E-state index contributed by atoms with van der Waals surface area (Å²) in [6, 6.07) is 13.2. The van der Waals surface area contributed by atoms with Gasteiger partial charge in [0, 0.05) is 18.3 Å². The Balaban J connectivity index is 1.26. The number of carbonyl (C=O) groups is 1. The molecule has 0 aliphatic heterocycles. The summed E-state index contributed by atoms with van der Waals surface area (Å²) in [4.78, 5) is 17.1. The molecule has 0 saturated heterocycles. The van der Waals surface area contributed by atoms with Gasteiger partial charge in [0.1, 0.15) is 0 Å². The molecule has 1 aromatic carbocycles. The molecule has 27 heavy (non-hydrogen) atoms. The molecule has 8 nitrogen and oxygen atoms in total. The van der Waals surface area contributed by atoms with Crippen LogP contribution in [0.5, 0.6) is 5.75 Å². The van der Waals surface area contributed by atoms with E-state index in [1.165, 1.54) is 6.20 Å². The lowest BCUT2D eigenvalue weighted by Crippen LogP contribution is -2.27. The van der Waals surface area contributed by atoms with Crippen molar-refractivity contribution < 1.29 is 9.53 Å². The Kier molecular flexibility index (Phi) is 6.85. The van der Waals surface area contributed by atoms with Crippen LogP contribution >= 0.6 is 0 Å². The van der Waals surface area contributed by atoms with Crippen LogP contribution in [0.2, 0.25) is 0 Å². The van der Waals surface area contributed by atoms with Gasteiger partial charge in [-0.3, -0.25) is 4.98 Å². The summed E-state index contributed by atoms with van der Waals surface area (Å²) in [5, 5.41) is 15.3. The summed E-state index contributed by atoms with van der Waals surface area (Å²) < 4.78 is 5.10. The van der Waals surface area contributed by atoms with Crippen LogP contribution < -0.4 is 10.1 Å². The van der Waals surface area contributed by atoms with Crippen molar-refractivity contribution >= 4 is 6.09 Å². The molecule has 1 amide bonds. The van der Waals surface area contributed by atoms with Gasteiger partial charge in [0.2, 0.25) is 5.82 Å². The number of hydrogen-bond donors (Lipinski definition) is 1. The molecule has 0 radical (unpaired) electrons. The summed E-state index contributed by atoms with van der Waals surface area (Å²) in [5.74, 6) is 1.08. The van der Waals surface area contributed by atoms with E-state index in [0.717, 1.165) is 37.8 Å². The first-order valence-corrected chi connectivity index (χ1v) is 9.00. The summed E-state index contributed by atoms with van der Waals surface area (Å²) >= 11 is 0. The third kappa shape index (κ3) is 6.18. The SMILES string of the molecule is O=C(NCCCCCCn1nnc(-c2ccccc2)n1)Oc1cccnc1. The Hall–Kier alpha value is -3.29. The van der Waals surface area contributed by atoms with Gasteiger partial charge in [0.25, 0.3) is 0 Å². The second-order valence-corrected chi connectivity index (χ2v) is 5.99. The molecule has 1 N–H and O–H groups in total. The summed E-state index contributed by atoms with van der Waals surface area (Å²) in [5.41, 5.74) is 0.966. The van der Waals surface area contributed by atoms with Crippen LogP contribution in [0.3, 0.4) is 0 Å². The molecule has 0 atom stereocenters. The molecule has 2 heterocycles. The Morgan fingerprint density at radius 1 is 1.04 bits per heavy atom. The number of amides is 1. The lowest BCUT2D eigenvalue weighted by atomic mass is 10.2. The van der Waals surface area contributed by atoms with Crippen LogP contribution in [-0.2, 0) is 6.54 Å². The standard InChI is InChI=1S/C19H22N6O2/c26-19(27-17-11-8-12-20-15-17)21-13-6-1-2-7-14-25-23-18(22-24-25)16-9-4-3-5-10-16/h3-5,8-12,15H,1-2,6-7,13-14H2,(H,21,26). The number of benzene rings is 1. The van der Waals surface area contributed by atoms with Crippen LogP contribution in [0, 0.1) is 0 Å². The molecule has 0 bridgehead atoms. The second kappa shape index (κ2) is 10.0. The van der Waals surface area contributed by atoms with E-state index >= 15 is 0 Å². The third-order valence-electron chi connectivity index (χ3n) is 3.88. The van der Waals surface area contributed by atoms with Crippen molar-refractivity contribution in [3.63, 3.8) is 0 Å². The average molecular weight is 366 g/mol. The molecule has 0 saturated carbocycles. The molecular weight excluding hydrogens is 344 g/mol. The van der Waals surface area contributed by atoms with Crippen LogP contribution in [0.1, 0.15) is 25.7 Å². The van der Waals surface area contributed by atoms with E-state index in [1.54, 1.807) is 23.1 Å². The summed E-state index contributed by atoms with van der Waals surface area (Å²) in [7, 11) is 0. The van der Waals surface area contributed by atoms with Crippen molar-refractivity contribution in [1.29, 1.82) is 0 Å². The van der Waals surface area contributed by atoms with Crippen LogP contribution in [0.15, 0.2) is 54.9 Å². The van der Waals surface area contributed by atoms with E-state index in [2.05, 4.69) is 25.7 Å². The van der Waals surface area contributed by atoms with E-state index in [-0.39, 0.29) is 0 Å². The number of aryl methyl sites for hydroxylation is 1. The van der Waals surface area contributed by atoms with Gasteiger partial charge >= 0.3 is 6.09 Å². The third-order valence-corrected chi connectivity index (χ3v) is 3.88. The molecule has 0 aliphatic rings. The molecule has 0 spiro atoms. The highest BCUT2D eigenvalue weighted by Crippen LogP contribution is 2.12. The first-order valence-electron chi connectivity index (χ1n) is 9.00. The normalized spacial score (nSPS) is 10.5. The summed E-state index contributed by atoms with van der Waals surface area (Å²) in [6.07, 6.45) is 6.56. The molecule has 0 unspecified atom stereocenters. The number of pyridine rings is 1. The van der Waals surface area contributed by atoms with Gasteiger partial charge in [-0.2, -0.15) is 4.80 Å². The number of nitrogens with zero attached hydrogens (tertiary/aromatic N) is 5. The van der Waals surface area contributed by atoms with Gasteiger partial charge in [0.15, 0.2) is 5.75 Å². The fourth-order valence-corrected chi connectivity index (χ4v) is 2.51. The van der Waals surface area contributed by atoms with Gasteiger partial charge in [-0.1, -0.05) is 43.2 Å². The van der Waals surface area contributed by atoms with Gasteiger partial charge < -0.3 is 10.1 Å². The molecular formula is C19H22N6O2. The van der Waals surface area contributed by atoms with Crippen molar-refractivity contribution in [2.24, 2.45) is 0 Å². The summed E-state index contributed by atoms with van der Waals surface area (Å²) in [6.45, 7) is 1.31. The van der Waals surface area contributed by atoms with Gasteiger partial charge in [-0.05, 0) is 30.2 Å². The van der Waals surface area contributed by atoms with Crippen molar-refractivity contribution in [3.8, 4) is 17.1 Å². The molecule has 0 aliphatic carbocycles. The zero-order valence-electron chi connectivity index (χ0n) is 15.0. The van der Waals surface area contributed by atoms with E-state index < -0.39 is 6.09 Å². The number of unbranched alkanes of at least 4 members (excludes halogenated alkanes) is 3. The maximum absolute atomic E-state index is 11.6. The maximum atomic E-state index is 11.6. The van der Waals surface area contributed by atoms with Gasteiger partial charge in [0.05, 0.1) is 12.7 Å². The van der Waals surface area contributed by atoms with Gasteiger partial charge in [-0.15, -0.1) is 10.2 Å². The van der Waals surface area contributed by atoms with E-state index in [4.69, 9.17) is 4.74 Å². The minimum atomic E-state index is -0.455. The number of nitrogens with one attached hydrogen (secondary N) is 1. The Bertz CT molecular complexity index is 822. The molecule has 8 heteroatoms. The van der Waals surface area contributed by atoms with Crippen LogP contribution in [0.25, 0.3) is 11.4 Å². The zero-order chi connectivity index (χ0) is 18.7. The minimum absolute atomic E-state index is 0.435. The molecule has 3 rings (SSSR count). The smallest absolute Gasteiger partial charge is 0.409 e. The predicted octanol–water partition coefficient (Wildman–Crippen LogP) is 3.08. The lowest BCUT2D eigenvalue weighted by Gasteiger charge is -2.06. The highest BCUT2D eigenvalue weighted by molar-refractivity contribution is 5.70. The topological polar surface area (TPSA) is 94.8 Å². The molecule has 3 aromatic rings. The Morgan fingerprint density at radius 3 is 2.70 bits per heavy atom. The monoisotopic (exact) mass is 366 g/mol. The Morgan fingerprint density at radius 2 is 1.89 bits per heavy atom. The van der Waals surface area contributed by atoms with Crippen LogP contribution in [0.4, 0.5) is 4.79 Å². The molecule has 0 fully saturated rings. The maximum Gasteiger partial charge on any atom is 0.412 e. The van der Waals surface area contributed by atoms with E-state index in [0.29, 0.717) is 18.1 Å². The number of tetrazole rings is 1. The van der Waals surface area contributed by atoms with E-state index in [1.807, 2.05) is 30.3 Å². The largest absolute Gasteiger partial charge is 0.412 e. The highest BCUT2D eigenvalue weighted by atomic mass is 16.6. The predicted molar refractivity (Wildman–Crippen MR) is 100.0 cm³/mol. The first kappa shape index (κ1) is 18.5. The minimum Gasteiger partial charge on any atom is -0.409 e. The number of carbonyl (C=O) groups excluding carboxylic acids is 1. The van der Waals surface area contributed by atoms with Crippen LogP contribution in [-0.4, -0.2) is 37.8 Å². The fourth-order valence-electron chi connectivity index (χ4n) is 2.51. The molecule has 2 aromatic heterocycles. The number of ether oxygens (including phenoxy) is 1. The first-order chi connectivity index (χ1) is 13.3. The van der Waals surface area contributed by atoms with Crippen molar-refractivity contribution in [2.45, 2.75) is 32.2 Å². The van der Waals surface area contributed by atoms with Gasteiger partial charge in [-0.25, -0.2) is 4.79 Å². The average Bonchev–Trinajstić information content (AvgIpc) is 3.18. The second-order valence-electron chi connectivity index (χ2n) is 5.99. The highest BCUT2D eigenvalue weighted by Gasteiger charge is 2.05. The number of hydrogen-bond acceptors (Lipinski definition) is 6. The number of rotatable bonds is 9. The van der Waals surface area contributed by atoms with Crippen molar-refractivity contribution in [2.75, 3.05) is 6.54 Å². The number of aromatic nitrogens is 5. The zero-order valence-corrected chi connectivity index (χ0v) is 15.0. The molecule has 140 valence electrons. The van der Waals surface area contributed by atoms with Crippen molar-refractivity contribution in [1.82, 2.24) is 30.5 Å². The Labute approximate surface area is 157 Å². The van der Waals surface area contributed by atoms with E-state index in [9.17, 15) is 4.79 Å². The fraction of sp³-hybridized carbons (Fsp3) is 0.316. The quantitative estimate of drug-likeness (QED) is 0.585. The van der Waals surface area contributed by atoms with Crippen molar-refractivity contribution in [3.05, 3.63) is 54.9 Å². The lowest BCUT2D eigenvalue weighted by molar-refractivity contribution is 0.200.